The maximum Gasteiger partial charge on any atom is 0.387 e. The van der Waals surface area contributed by atoms with E-state index in [-0.39, 0.29) is 58.1 Å². The zero-order chi connectivity index (χ0) is 22.6. The predicted molar refractivity (Wildman–Crippen MR) is 108 cm³/mol. The van der Waals surface area contributed by atoms with Crippen molar-refractivity contribution >= 4 is 39.2 Å². The number of benzene rings is 2. The summed E-state index contributed by atoms with van der Waals surface area (Å²) in [4.78, 5) is 12.3. The topological polar surface area (TPSA) is 82.1 Å². The molecule has 0 unspecified atom stereocenters. The van der Waals surface area contributed by atoms with E-state index in [1.807, 2.05) is 0 Å². The van der Waals surface area contributed by atoms with Crippen LogP contribution in [0.25, 0.3) is 0 Å². The number of nitrogens with zero attached hydrogens (tertiary/aromatic N) is 1. The van der Waals surface area contributed by atoms with Gasteiger partial charge < -0.3 is 14.2 Å². The second-order valence-electron chi connectivity index (χ2n) is 6.34. The van der Waals surface area contributed by atoms with E-state index in [1.54, 1.807) is 6.07 Å². The van der Waals surface area contributed by atoms with Crippen molar-refractivity contribution in [3.05, 3.63) is 57.6 Å². The molecule has 2 aromatic rings. The Labute approximate surface area is 187 Å². The molecule has 0 bridgehead atoms. The van der Waals surface area contributed by atoms with Gasteiger partial charge in [-0.05, 0) is 18.2 Å². The fraction of sp³-hybridized carbons (Fsp3) is 0.316. The second-order valence-corrected chi connectivity index (χ2v) is 9.06. The normalized spacial score (nSPS) is 15.1. The minimum absolute atomic E-state index is 0.118. The number of sulfonamides is 1. The summed E-state index contributed by atoms with van der Waals surface area (Å²) in [6.45, 7) is -2.69. The number of morpholine rings is 1. The summed E-state index contributed by atoms with van der Waals surface area (Å²) >= 11 is 12.2. The monoisotopic (exact) mass is 495 g/mol. The van der Waals surface area contributed by atoms with E-state index >= 15 is 0 Å². The molecule has 12 heteroatoms. The molecule has 0 radical (unpaired) electrons. The van der Waals surface area contributed by atoms with Crippen molar-refractivity contribution in [2.45, 2.75) is 18.1 Å². The Balaban J connectivity index is 1.83. The summed E-state index contributed by atoms with van der Waals surface area (Å²) in [7, 11) is -4.00. The van der Waals surface area contributed by atoms with E-state index in [0.29, 0.717) is 0 Å². The lowest BCUT2D eigenvalue weighted by Gasteiger charge is -2.26. The molecule has 1 saturated heterocycles. The van der Waals surface area contributed by atoms with Crippen LogP contribution >= 0.6 is 23.2 Å². The van der Waals surface area contributed by atoms with Crippen LogP contribution in [0.2, 0.25) is 10.0 Å². The van der Waals surface area contributed by atoms with Crippen LogP contribution in [0.5, 0.6) is 5.75 Å². The molecule has 1 fully saturated rings. The molecule has 0 aliphatic carbocycles. The van der Waals surface area contributed by atoms with Gasteiger partial charge in [-0.3, -0.25) is 0 Å². The van der Waals surface area contributed by atoms with Gasteiger partial charge in [-0.25, -0.2) is 13.2 Å². The molecule has 0 atom stereocenters. The van der Waals surface area contributed by atoms with E-state index in [4.69, 9.17) is 32.7 Å². The van der Waals surface area contributed by atoms with Gasteiger partial charge in [-0.1, -0.05) is 41.4 Å². The van der Waals surface area contributed by atoms with Crippen molar-refractivity contribution in [3.63, 3.8) is 0 Å². The summed E-state index contributed by atoms with van der Waals surface area (Å²) in [5.41, 5.74) is -0.0347. The average molecular weight is 496 g/mol. The van der Waals surface area contributed by atoms with Gasteiger partial charge in [0.1, 0.15) is 17.3 Å². The zero-order valence-electron chi connectivity index (χ0n) is 15.9. The molecule has 7 nitrogen and oxygen atoms in total. The third-order valence-corrected chi connectivity index (χ3v) is 7.05. The highest BCUT2D eigenvalue weighted by molar-refractivity contribution is 7.89. The fourth-order valence-electron chi connectivity index (χ4n) is 2.86. The Morgan fingerprint density at radius 3 is 2.48 bits per heavy atom. The van der Waals surface area contributed by atoms with E-state index in [9.17, 15) is 22.0 Å². The highest BCUT2D eigenvalue weighted by atomic mass is 35.5. The average Bonchev–Trinajstić information content (AvgIpc) is 2.73. The number of hydrogen-bond acceptors (Lipinski definition) is 6. The summed E-state index contributed by atoms with van der Waals surface area (Å²) < 4.78 is 66.8. The quantitative estimate of drug-likeness (QED) is 0.540. The van der Waals surface area contributed by atoms with Gasteiger partial charge in [0, 0.05) is 18.7 Å². The van der Waals surface area contributed by atoms with Crippen LogP contribution in [0, 0.1) is 0 Å². The van der Waals surface area contributed by atoms with Crippen LogP contribution < -0.4 is 4.74 Å². The lowest BCUT2D eigenvalue weighted by molar-refractivity contribution is -0.0510. The third-order valence-electron chi connectivity index (χ3n) is 4.38. The Hall–Kier alpha value is -1.98. The molecule has 1 heterocycles. The summed E-state index contributed by atoms with van der Waals surface area (Å²) in [6, 6.07) is 7.98. The number of rotatable bonds is 7. The molecular weight excluding hydrogens is 479 g/mol. The van der Waals surface area contributed by atoms with Crippen LogP contribution in [-0.2, 0) is 26.1 Å². The number of carbonyl (C=O) groups is 1. The first kappa shape index (κ1) is 23.7. The number of hydrogen-bond donors (Lipinski definition) is 0. The minimum Gasteiger partial charge on any atom is -0.457 e. The minimum atomic E-state index is -4.00. The Morgan fingerprint density at radius 1 is 1.13 bits per heavy atom. The number of halogens is 4. The Bertz CT molecular complexity index is 1060. The molecule has 3 rings (SSSR count). The molecule has 2 aromatic carbocycles. The van der Waals surface area contributed by atoms with Crippen molar-refractivity contribution in [3.8, 4) is 5.75 Å². The van der Waals surface area contributed by atoms with Gasteiger partial charge in [-0.2, -0.15) is 13.1 Å². The van der Waals surface area contributed by atoms with Crippen molar-refractivity contribution in [1.29, 1.82) is 0 Å². The molecule has 1 aliphatic heterocycles. The molecule has 0 N–H and O–H groups in total. The van der Waals surface area contributed by atoms with Crippen molar-refractivity contribution in [1.82, 2.24) is 4.31 Å². The Kier molecular flexibility index (Phi) is 7.71. The SMILES string of the molecule is O=C(OCc1ccccc1OC(F)F)c1cc(S(=O)(=O)N2CCOCC2)c(Cl)cc1Cl. The standard InChI is InChI=1S/C19H17Cl2F2NO6S/c20-14-10-15(21)17(31(26,27)24-5-7-28-8-6-24)9-13(14)18(25)29-11-12-3-1-2-4-16(12)30-19(22)23/h1-4,9-10,19H,5-8,11H2. The Morgan fingerprint density at radius 2 is 1.81 bits per heavy atom. The first-order valence-electron chi connectivity index (χ1n) is 8.97. The molecule has 168 valence electrons. The van der Waals surface area contributed by atoms with Gasteiger partial charge >= 0.3 is 12.6 Å². The zero-order valence-corrected chi connectivity index (χ0v) is 18.2. The number of esters is 1. The molecule has 1 aliphatic rings. The van der Waals surface area contributed by atoms with Crippen molar-refractivity contribution in [2.75, 3.05) is 26.3 Å². The first-order chi connectivity index (χ1) is 14.7. The predicted octanol–water partition coefficient (Wildman–Crippen LogP) is 3.97. The van der Waals surface area contributed by atoms with Gasteiger partial charge in [0.05, 0.1) is 28.8 Å². The fourth-order valence-corrected chi connectivity index (χ4v) is 5.10. The largest absolute Gasteiger partial charge is 0.457 e. The van der Waals surface area contributed by atoms with E-state index < -0.39 is 29.2 Å². The van der Waals surface area contributed by atoms with Crippen molar-refractivity contribution < 1.29 is 36.2 Å². The number of ether oxygens (including phenoxy) is 3. The number of para-hydroxylation sites is 1. The third kappa shape index (κ3) is 5.64. The smallest absolute Gasteiger partial charge is 0.387 e. The summed E-state index contributed by atoms with van der Waals surface area (Å²) in [5.74, 6) is -1.10. The highest BCUT2D eigenvalue weighted by Crippen LogP contribution is 2.32. The van der Waals surface area contributed by atoms with E-state index in [2.05, 4.69) is 4.74 Å². The number of carbonyl (C=O) groups excluding carboxylic acids is 1. The van der Waals surface area contributed by atoms with Crippen LogP contribution in [0.4, 0.5) is 8.78 Å². The van der Waals surface area contributed by atoms with Crippen LogP contribution in [-0.4, -0.2) is 51.6 Å². The molecule has 0 saturated carbocycles. The molecule has 0 spiro atoms. The van der Waals surface area contributed by atoms with E-state index in [1.165, 1.54) is 22.5 Å². The highest BCUT2D eigenvalue weighted by Gasteiger charge is 2.30. The van der Waals surface area contributed by atoms with Crippen LogP contribution in [0.15, 0.2) is 41.3 Å². The summed E-state index contributed by atoms with van der Waals surface area (Å²) in [5, 5.41) is -0.267. The van der Waals surface area contributed by atoms with Crippen LogP contribution in [0.3, 0.4) is 0 Å². The van der Waals surface area contributed by atoms with Gasteiger partial charge in [0.2, 0.25) is 10.0 Å². The molecule has 31 heavy (non-hydrogen) atoms. The molecule has 0 aromatic heterocycles. The van der Waals surface area contributed by atoms with E-state index in [0.717, 1.165) is 12.1 Å². The molecular formula is C19H17Cl2F2NO6S. The summed E-state index contributed by atoms with van der Waals surface area (Å²) in [6.07, 6.45) is 0. The first-order valence-corrected chi connectivity index (χ1v) is 11.2. The lowest BCUT2D eigenvalue weighted by atomic mass is 10.2. The lowest BCUT2D eigenvalue weighted by Crippen LogP contribution is -2.40. The van der Waals surface area contributed by atoms with Gasteiger partial charge in [0.25, 0.3) is 0 Å². The maximum atomic E-state index is 12.9. The van der Waals surface area contributed by atoms with Crippen LogP contribution in [0.1, 0.15) is 15.9 Å². The molecule has 0 amide bonds. The number of alkyl halides is 2. The second kappa shape index (κ2) is 10.1. The van der Waals surface area contributed by atoms with Gasteiger partial charge in [-0.15, -0.1) is 0 Å². The maximum absolute atomic E-state index is 12.9. The van der Waals surface area contributed by atoms with Gasteiger partial charge in [0.15, 0.2) is 0 Å². The van der Waals surface area contributed by atoms with Crippen molar-refractivity contribution in [2.24, 2.45) is 0 Å².